The van der Waals surface area contributed by atoms with Crippen molar-refractivity contribution < 1.29 is 9.47 Å². The Morgan fingerprint density at radius 2 is 0.938 bits per heavy atom. The monoisotopic (exact) mass is 230 g/mol. The molecule has 0 amide bonds. The molecular weight excluding hydrogens is 200 g/mol. The average molecular weight is 230 g/mol. The van der Waals surface area contributed by atoms with Gasteiger partial charge < -0.3 is 9.47 Å². The van der Waals surface area contributed by atoms with Gasteiger partial charge in [-0.2, -0.15) is 0 Å². The molecule has 0 rings (SSSR count). The smallest absolute Gasteiger partial charge is 0.0466 e. The van der Waals surface area contributed by atoms with Crippen LogP contribution in [0.15, 0.2) is 0 Å². The maximum absolute atomic E-state index is 5.55. The van der Waals surface area contributed by atoms with Crippen molar-refractivity contribution in [2.24, 2.45) is 0 Å². The number of unbranched alkanes of at least 4 members (excludes halogenated alkanes) is 5. The van der Waals surface area contributed by atoms with Gasteiger partial charge in [0.1, 0.15) is 0 Å². The van der Waals surface area contributed by atoms with Crippen molar-refractivity contribution in [2.45, 2.75) is 65.2 Å². The Morgan fingerprint density at radius 3 is 1.44 bits per heavy atom. The van der Waals surface area contributed by atoms with Gasteiger partial charge in [0.15, 0.2) is 0 Å². The first kappa shape index (κ1) is 15.9. The SMILES string of the molecule is CCCCCCOCCCCOCCCC. The van der Waals surface area contributed by atoms with E-state index in [1.165, 1.54) is 38.5 Å². The molecule has 0 aromatic carbocycles. The topological polar surface area (TPSA) is 18.5 Å². The van der Waals surface area contributed by atoms with Crippen LogP contribution >= 0.6 is 0 Å². The van der Waals surface area contributed by atoms with Gasteiger partial charge in [-0.3, -0.25) is 0 Å². The summed E-state index contributed by atoms with van der Waals surface area (Å²) in [5, 5.41) is 0. The Hall–Kier alpha value is -0.0800. The van der Waals surface area contributed by atoms with Crippen molar-refractivity contribution in [1.82, 2.24) is 0 Å². The van der Waals surface area contributed by atoms with Crippen molar-refractivity contribution in [1.29, 1.82) is 0 Å². The molecule has 0 aromatic rings. The minimum Gasteiger partial charge on any atom is -0.381 e. The zero-order valence-corrected chi connectivity index (χ0v) is 11.3. The normalized spacial score (nSPS) is 10.9. The van der Waals surface area contributed by atoms with E-state index in [0.717, 1.165) is 39.3 Å². The molecule has 0 atom stereocenters. The van der Waals surface area contributed by atoms with Crippen LogP contribution in [0.4, 0.5) is 0 Å². The maximum Gasteiger partial charge on any atom is 0.0466 e. The largest absolute Gasteiger partial charge is 0.381 e. The molecule has 0 heterocycles. The van der Waals surface area contributed by atoms with Crippen LogP contribution in [0.5, 0.6) is 0 Å². The van der Waals surface area contributed by atoms with E-state index in [2.05, 4.69) is 13.8 Å². The van der Waals surface area contributed by atoms with Crippen molar-refractivity contribution in [3.05, 3.63) is 0 Å². The highest BCUT2D eigenvalue weighted by atomic mass is 16.5. The van der Waals surface area contributed by atoms with E-state index >= 15 is 0 Å². The molecule has 0 aliphatic carbocycles. The van der Waals surface area contributed by atoms with E-state index < -0.39 is 0 Å². The fourth-order valence-corrected chi connectivity index (χ4v) is 1.49. The van der Waals surface area contributed by atoms with Gasteiger partial charge in [0, 0.05) is 26.4 Å². The van der Waals surface area contributed by atoms with Crippen molar-refractivity contribution in [2.75, 3.05) is 26.4 Å². The molecule has 0 unspecified atom stereocenters. The van der Waals surface area contributed by atoms with E-state index in [4.69, 9.17) is 9.47 Å². The van der Waals surface area contributed by atoms with E-state index in [0.29, 0.717) is 0 Å². The third kappa shape index (κ3) is 13.9. The molecule has 0 radical (unpaired) electrons. The summed E-state index contributed by atoms with van der Waals surface area (Å²) in [7, 11) is 0. The van der Waals surface area contributed by atoms with E-state index in [1.54, 1.807) is 0 Å². The van der Waals surface area contributed by atoms with Gasteiger partial charge in [-0.05, 0) is 25.7 Å². The Labute approximate surface area is 102 Å². The fraction of sp³-hybridized carbons (Fsp3) is 1.00. The summed E-state index contributed by atoms with van der Waals surface area (Å²) in [5.74, 6) is 0. The molecule has 0 bridgehead atoms. The van der Waals surface area contributed by atoms with Crippen LogP contribution in [0.1, 0.15) is 65.2 Å². The van der Waals surface area contributed by atoms with E-state index in [1.807, 2.05) is 0 Å². The molecular formula is C14H30O2. The molecule has 0 spiro atoms. The second-order valence-corrected chi connectivity index (χ2v) is 4.35. The number of rotatable bonds is 13. The molecule has 0 aliphatic heterocycles. The van der Waals surface area contributed by atoms with Crippen LogP contribution in [0.2, 0.25) is 0 Å². The minimum absolute atomic E-state index is 0.902. The van der Waals surface area contributed by atoms with Crippen LogP contribution in [0.3, 0.4) is 0 Å². The van der Waals surface area contributed by atoms with Gasteiger partial charge in [0.05, 0.1) is 0 Å². The van der Waals surface area contributed by atoms with Gasteiger partial charge in [0.25, 0.3) is 0 Å². The van der Waals surface area contributed by atoms with Crippen LogP contribution in [-0.2, 0) is 9.47 Å². The number of hydrogen-bond acceptors (Lipinski definition) is 2. The maximum atomic E-state index is 5.55. The first-order valence-corrected chi connectivity index (χ1v) is 7.07. The second-order valence-electron chi connectivity index (χ2n) is 4.35. The molecule has 98 valence electrons. The van der Waals surface area contributed by atoms with Gasteiger partial charge in [-0.25, -0.2) is 0 Å². The van der Waals surface area contributed by atoms with Crippen LogP contribution in [-0.4, -0.2) is 26.4 Å². The van der Waals surface area contributed by atoms with Crippen molar-refractivity contribution in [3.8, 4) is 0 Å². The lowest BCUT2D eigenvalue weighted by Gasteiger charge is -2.05. The third-order valence-corrected chi connectivity index (χ3v) is 2.61. The first-order chi connectivity index (χ1) is 7.91. The zero-order valence-electron chi connectivity index (χ0n) is 11.3. The molecule has 2 nitrogen and oxygen atoms in total. The van der Waals surface area contributed by atoms with Gasteiger partial charge in [0.2, 0.25) is 0 Å². The Kier molecular flexibility index (Phi) is 14.8. The molecule has 2 heteroatoms. The molecule has 0 saturated carbocycles. The fourth-order valence-electron chi connectivity index (χ4n) is 1.49. The van der Waals surface area contributed by atoms with Crippen LogP contribution in [0, 0.1) is 0 Å². The average Bonchev–Trinajstić information content (AvgIpc) is 2.31. The lowest BCUT2D eigenvalue weighted by atomic mass is 10.2. The predicted octanol–water partition coefficient (Wildman–Crippen LogP) is 4.18. The van der Waals surface area contributed by atoms with Crippen LogP contribution < -0.4 is 0 Å². The Morgan fingerprint density at radius 1 is 0.500 bits per heavy atom. The summed E-state index contributed by atoms with van der Waals surface area (Å²) in [6, 6.07) is 0. The standard InChI is InChI=1S/C14H30O2/c1-3-5-7-8-12-16-14-10-9-13-15-11-6-4-2/h3-14H2,1-2H3. The van der Waals surface area contributed by atoms with Gasteiger partial charge >= 0.3 is 0 Å². The van der Waals surface area contributed by atoms with Gasteiger partial charge in [-0.1, -0.05) is 39.5 Å². The van der Waals surface area contributed by atoms with Crippen molar-refractivity contribution in [3.63, 3.8) is 0 Å². The highest BCUT2D eigenvalue weighted by Crippen LogP contribution is 2.00. The Bertz CT molecular complexity index is 101. The summed E-state index contributed by atoms with van der Waals surface area (Å²) >= 11 is 0. The molecule has 0 saturated heterocycles. The van der Waals surface area contributed by atoms with E-state index in [9.17, 15) is 0 Å². The first-order valence-electron chi connectivity index (χ1n) is 7.07. The highest BCUT2D eigenvalue weighted by Gasteiger charge is 1.92. The summed E-state index contributed by atoms with van der Waals surface area (Å²) in [6.07, 6.45) is 9.87. The highest BCUT2D eigenvalue weighted by molar-refractivity contribution is 4.42. The minimum atomic E-state index is 0.902. The zero-order chi connectivity index (χ0) is 11.9. The molecule has 0 aromatic heterocycles. The lowest BCUT2D eigenvalue weighted by molar-refractivity contribution is 0.0997. The summed E-state index contributed by atoms with van der Waals surface area (Å²) in [4.78, 5) is 0. The quantitative estimate of drug-likeness (QED) is 0.442. The van der Waals surface area contributed by atoms with Crippen LogP contribution in [0.25, 0.3) is 0 Å². The molecule has 0 fully saturated rings. The molecule has 16 heavy (non-hydrogen) atoms. The molecule has 0 aliphatic rings. The number of ether oxygens (including phenoxy) is 2. The van der Waals surface area contributed by atoms with Gasteiger partial charge in [-0.15, -0.1) is 0 Å². The molecule has 0 N–H and O–H groups in total. The summed E-state index contributed by atoms with van der Waals surface area (Å²) < 4.78 is 11.0. The second kappa shape index (κ2) is 14.9. The summed E-state index contributed by atoms with van der Waals surface area (Å²) in [6.45, 7) is 8.10. The van der Waals surface area contributed by atoms with Crippen molar-refractivity contribution >= 4 is 0 Å². The predicted molar refractivity (Wildman–Crippen MR) is 69.9 cm³/mol. The number of hydrogen-bond donors (Lipinski definition) is 0. The van der Waals surface area contributed by atoms with E-state index in [-0.39, 0.29) is 0 Å². The lowest BCUT2D eigenvalue weighted by Crippen LogP contribution is -2.01. The third-order valence-electron chi connectivity index (χ3n) is 2.61. The summed E-state index contributed by atoms with van der Waals surface area (Å²) in [5.41, 5.74) is 0. The Balaban J connectivity index is 2.83.